The lowest BCUT2D eigenvalue weighted by molar-refractivity contribution is -0.137. The van der Waals surface area contributed by atoms with Crippen LogP contribution in [-0.4, -0.2) is 10.8 Å². The zero-order valence-electron chi connectivity index (χ0n) is 16.5. The van der Waals surface area contributed by atoms with Crippen LogP contribution in [0.4, 0.5) is 18.9 Å². The molecular weight excluding hydrogens is 459 g/mol. The first-order valence-electron chi connectivity index (χ1n) is 9.62. The molecule has 0 amide bonds. The van der Waals surface area contributed by atoms with Crippen molar-refractivity contribution < 1.29 is 17.9 Å². The fraction of sp³-hybridized carbons (Fsp3) is 0.130. The summed E-state index contributed by atoms with van der Waals surface area (Å²) in [5, 5.41) is 7.21. The molecule has 0 aromatic heterocycles. The number of nitrogens with zero attached hydrogens (tertiary/aromatic N) is 1. The summed E-state index contributed by atoms with van der Waals surface area (Å²) in [6, 6.07) is 20.2. The fourth-order valence-corrected chi connectivity index (χ4v) is 3.63. The quantitative estimate of drug-likeness (QED) is 0.332. The third-order valence-corrected chi connectivity index (χ3v) is 5.37. The highest BCUT2D eigenvalue weighted by molar-refractivity contribution is 7.80. The Morgan fingerprint density at radius 1 is 1.03 bits per heavy atom. The summed E-state index contributed by atoms with van der Waals surface area (Å²) in [5.41, 5.74) is 4.44. The van der Waals surface area contributed by atoms with E-state index in [0.29, 0.717) is 17.9 Å². The van der Waals surface area contributed by atoms with Crippen LogP contribution in [0.15, 0.2) is 77.9 Å². The molecule has 0 fully saturated rings. The first kappa shape index (κ1) is 22.1. The minimum Gasteiger partial charge on any atom is -0.485 e. The molecule has 32 heavy (non-hydrogen) atoms. The summed E-state index contributed by atoms with van der Waals surface area (Å²) < 4.78 is 45.1. The molecule has 9 heteroatoms. The van der Waals surface area contributed by atoms with Crippen molar-refractivity contribution in [3.8, 4) is 5.75 Å². The van der Waals surface area contributed by atoms with Crippen LogP contribution < -0.4 is 15.5 Å². The van der Waals surface area contributed by atoms with E-state index in [-0.39, 0.29) is 21.9 Å². The average molecular weight is 476 g/mol. The Hall–Kier alpha value is -3.10. The first-order chi connectivity index (χ1) is 15.3. The van der Waals surface area contributed by atoms with Gasteiger partial charge in [-0.15, -0.1) is 0 Å². The van der Waals surface area contributed by atoms with Crippen molar-refractivity contribution >= 4 is 40.3 Å². The van der Waals surface area contributed by atoms with Crippen LogP contribution in [0.5, 0.6) is 5.75 Å². The third-order valence-electron chi connectivity index (χ3n) is 4.85. The smallest absolute Gasteiger partial charge is 0.416 e. The number of anilines is 1. The molecule has 0 saturated heterocycles. The molecule has 164 valence electrons. The van der Waals surface area contributed by atoms with Crippen molar-refractivity contribution in [3.05, 3.63) is 94.5 Å². The standard InChI is InChI=1S/C23H17ClF3N3OS/c24-17-11-10-15(23(25,26)27)12-19(17)28-22(32)30-29-18-13-21(14-6-2-1-3-7-14)31-20-9-5-4-8-16(18)20/h1-12,21H,13H2,(H2,28,30,32)/b29-18+. The summed E-state index contributed by atoms with van der Waals surface area (Å²) in [7, 11) is 0. The number of para-hydroxylation sites is 1. The van der Waals surface area contributed by atoms with Crippen LogP contribution in [0.25, 0.3) is 0 Å². The molecule has 1 unspecified atom stereocenters. The molecule has 0 spiro atoms. The number of thiocarbonyl (C=S) groups is 1. The Balaban J connectivity index is 1.54. The largest absolute Gasteiger partial charge is 0.485 e. The van der Waals surface area contributed by atoms with Gasteiger partial charge in [0.25, 0.3) is 0 Å². The van der Waals surface area contributed by atoms with Gasteiger partial charge in [-0.2, -0.15) is 18.3 Å². The van der Waals surface area contributed by atoms with Gasteiger partial charge in [-0.1, -0.05) is 54.1 Å². The van der Waals surface area contributed by atoms with Crippen LogP contribution in [-0.2, 0) is 6.18 Å². The van der Waals surface area contributed by atoms with E-state index in [1.165, 1.54) is 6.07 Å². The predicted octanol–water partition coefficient (Wildman–Crippen LogP) is 6.57. The maximum Gasteiger partial charge on any atom is 0.416 e. The van der Waals surface area contributed by atoms with Gasteiger partial charge < -0.3 is 10.1 Å². The van der Waals surface area contributed by atoms with Gasteiger partial charge >= 0.3 is 6.18 Å². The summed E-state index contributed by atoms with van der Waals surface area (Å²) in [4.78, 5) is 0. The third kappa shape index (κ3) is 5.03. The number of ether oxygens (including phenoxy) is 1. The predicted molar refractivity (Wildman–Crippen MR) is 123 cm³/mol. The normalized spacial score (nSPS) is 16.8. The van der Waals surface area contributed by atoms with Gasteiger partial charge in [-0.05, 0) is 48.1 Å². The van der Waals surface area contributed by atoms with Crippen LogP contribution in [0.1, 0.15) is 29.2 Å². The number of rotatable bonds is 3. The molecule has 0 bridgehead atoms. The molecule has 3 aromatic carbocycles. The molecule has 4 rings (SSSR count). The number of hydrogen-bond acceptors (Lipinski definition) is 3. The molecule has 1 atom stereocenters. The summed E-state index contributed by atoms with van der Waals surface area (Å²) in [5.74, 6) is 0.688. The highest BCUT2D eigenvalue weighted by Crippen LogP contribution is 2.35. The Morgan fingerprint density at radius 2 is 1.75 bits per heavy atom. The second kappa shape index (κ2) is 9.18. The molecule has 0 saturated carbocycles. The zero-order chi connectivity index (χ0) is 22.7. The number of fused-ring (bicyclic) bond motifs is 1. The first-order valence-corrected chi connectivity index (χ1v) is 10.4. The monoisotopic (exact) mass is 475 g/mol. The van der Waals surface area contributed by atoms with Gasteiger partial charge in [0.2, 0.25) is 0 Å². The number of benzene rings is 3. The highest BCUT2D eigenvalue weighted by Gasteiger charge is 2.31. The number of nitrogens with one attached hydrogen (secondary N) is 2. The van der Waals surface area contributed by atoms with E-state index in [9.17, 15) is 13.2 Å². The van der Waals surface area contributed by atoms with Gasteiger partial charge in [0.1, 0.15) is 11.9 Å². The molecule has 4 nitrogen and oxygen atoms in total. The number of hydrazone groups is 1. The molecule has 1 heterocycles. The molecule has 0 aliphatic carbocycles. The maximum absolute atomic E-state index is 13.0. The Bertz CT molecular complexity index is 1170. The number of hydrogen-bond donors (Lipinski definition) is 2. The van der Waals surface area contributed by atoms with Gasteiger partial charge in [0.15, 0.2) is 5.11 Å². The fourth-order valence-electron chi connectivity index (χ4n) is 3.31. The molecule has 2 N–H and O–H groups in total. The summed E-state index contributed by atoms with van der Waals surface area (Å²) in [6.45, 7) is 0. The SMILES string of the molecule is FC(F)(F)c1ccc(Cl)c(NC(=S)N/N=C2\CC(c3ccccc3)Oc3ccccc32)c1. The second-order valence-corrected chi connectivity index (χ2v) is 7.85. The van der Waals surface area contributed by atoms with E-state index in [2.05, 4.69) is 15.8 Å². The van der Waals surface area contributed by atoms with E-state index in [1.54, 1.807) is 0 Å². The summed E-state index contributed by atoms with van der Waals surface area (Å²) >= 11 is 11.2. The maximum atomic E-state index is 13.0. The van der Waals surface area contributed by atoms with Gasteiger partial charge in [0, 0.05) is 12.0 Å². The van der Waals surface area contributed by atoms with E-state index >= 15 is 0 Å². The minimum absolute atomic E-state index is 0.0129. The van der Waals surface area contributed by atoms with E-state index < -0.39 is 11.7 Å². The Kier molecular flexibility index (Phi) is 6.34. The molecule has 3 aromatic rings. The molecular formula is C23H17ClF3N3OS. The summed E-state index contributed by atoms with van der Waals surface area (Å²) in [6.07, 6.45) is -4.23. The zero-order valence-corrected chi connectivity index (χ0v) is 18.1. The topological polar surface area (TPSA) is 45.7 Å². The Morgan fingerprint density at radius 3 is 2.50 bits per heavy atom. The lowest BCUT2D eigenvalue weighted by atomic mass is 9.96. The highest BCUT2D eigenvalue weighted by atomic mass is 35.5. The van der Waals surface area contributed by atoms with E-state index in [0.717, 1.165) is 23.3 Å². The lowest BCUT2D eigenvalue weighted by Crippen LogP contribution is -2.28. The van der Waals surface area contributed by atoms with Crippen molar-refractivity contribution in [2.24, 2.45) is 5.10 Å². The van der Waals surface area contributed by atoms with Crippen LogP contribution >= 0.6 is 23.8 Å². The lowest BCUT2D eigenvalue weighted by Gasteiger charge is -2.27. The van der Waals surface area contributed by atoms with E-state index in [4.69, 9.17) is 28.6 Å². The second-order valence-electron chi connectivity index (χ2n) is 7.03. The van der Waals surface area contributed by atoms with Gasteiger partial charge in [-0.3, -0.25) is 5.43 Å². The minimum atomic E-state index is -4.49. The average Bonchev–Trinajstić information content (AvgIpc) is 2.78. The molecule has 1 aliphatic rings. The van der Waals surface area contributed by atoms with Crippen molar-refractivity contribution in [1.82, 2.24) is 5.43 Å². The molecule has 1 aliphatic heterocycles. The van der Waals surface area contributed by atoms with Crippen LogP contribution in [0.2, 0.25) is 5.02 Å². The van der Waals surface area contributed by atoms with Crippen molar-refractivity contribution in [2.45, 2.75) is 18.7 Å². The van der Waals surface area contributed by atoms with Crippen molar-refractivity contribution in [3.63, 3.8) is 0 Å². The van der Waals surface area contributed by atoms with Crippen LogP contribution in [0.3, 0.4) is 0 Å². The van der Waals surface area contributed by atoms with Crippen molar-refractivity contribution in [2.75, 3.05) is 5.32 Å². The van der Waals surface area contributed by atoms with Gasteiger partial charge in [0.05, 0.1) is 22.0 Å². The Labute approximate surface area is 193 Å². The molecule has 0 radical (unpaired) electrons. The number of halogens is 4. The van der Waals surface area contributed by atoms with E-state index in [1.807, 2.05) is 54.6 Å². The van der Waals surface area contributed by atoms with Crippen LogP contribution in [0, 0.1) is 0 Å². The van der Waals surface area contributed by atoms with Crippen molar-refractivity contribution in [1.29, 1.82) is 0 Å². The number of alkyl halides is 3. The van der Waals surface area contributed by atoms with Gasteiger partial charge in [-0.25, -0.2) is 0 Å².